The number of aliphatic imine (C=N–C) groups is 1. The highest BCUT2D eigenvalue weighted by Crippen LogP contribution is 2.42. The van der Waals surface area contributed by atoms with Gasteiger partial charge in [-0.05, 0) is 30.2 Å². The van der Waals surface area contributed by atoms with Crippen molar-refractivity contribution in [3.8, 4) is 23.8 Å². The number of benzene rings is 2. The lowest BCUT2D eigenvalue weighted by molar-refractivity contribution is 0.284. The van der Waals surface area contributed by atoms with Gasteiger partial charge in [0.15, 0.2) is 17.7 Å². The normalized spacial score (nSPS) is 14.0. The van der Waals surface area contributed by atoms with E-state index in [9.17, 15) is 5.26 Å². The summed E-state index contributed by atoms with van der Waals surface area (Å²) in [4.78, 5) is 8.82. The van der Waals surface area contributed by atoms with Gasteiger partial charge in [-0.25, -0.2) is 9.98 Å². The molecule has 0 radical (unpaired) electrons. The molecule has 0 saturated heterocycles. The molecule has 4 rings (SSSR count). The smallest absolute Gasteiger partial charge is 0.211 e. The molecule has 0 fully saturated rings. The Morgan fingerprint density at radius 1 is 1.15 bits per heavy atom. The van der Waals surface area contributed by atoms with E-state index in [1.54, 1.807) is 19.2 Å². The minimum Gasteiger partial charge on any atom is -0.493 e. The summed E-state index contributed by atoms with van der Waals surface area (Å²) in [6.45, 7) is 2.40. The van der Waals surface area contributed by atoms with Crippen LogP contribution in [0.15, 0.2) is 47.5 Å². The van der Waals surface area contributed by atoms with Crippen LogP contribution in [0.25, 0.3) is 0 Å². The van der Waals surface area contributed by atoms with Crippen molar-refractivity contribution >= 4 is 23.3 Å². The van der Waals surface area contributed by atoms with Crippen molar-refractivity contribution in [3.05, 3.63) is 70.3 Å². The van der Waals surface area contributed by atoms with Crippen molar-refractivity contribution in [3.63, 3.8) is 0 Å². The van der Waals surface area contributed by atoms with Crippen LogP contribution in [0.4, 0.5) is 17.3 Å². The Bertz CT molecular complexity index is 1370. The largest absolute Gasteiger partial charge is 0.493 e. The molecule has 2 heterocycles. The zero-order valence-electron chi connectivity index (χ0n) is 18.6. The number of aromatic nitrogens is 1. The minimum absolute atomic E-state index is 0.0133. The first kappa shape index (κ1) is 22.2. The third kappa shape index (κ3) is 4.20. The Kier molecular flexibility index (Phi) is 6.06. The molecule has 1 aliphatic heterocycles. The molecule has 10 heteroatoms. The molecule has 170 valence electrons. The molecule has 0 amide bonds. The molecule has 0 saturated carbocycles. The van der Waals surface area contributed by atoms with E-state index in [4.69, 9.17) is 26.2 Å². The fourth-order valence-corrected chi connectivity index (χ4v) is 3.76. The molecule has 2 aromatic carbocycles. The summed E-state index contributed by atoms with van der Waals surface area (Å²) in [7, 11) is 1.55. The summed E-state index contributed by atoms with van der Waals surface area (Å²) in [6, 6.07) is 14.8. The van der Waals surface area contributed by atoms with Crippen molar-refractivity contribution in [2.24, 2.45) is 4.99 Å². The van der Waals surface area contributed by atoms with Crippen LogP contribution in [0.2, 0.25) is 0 Å². The Hall–Kier alpha value is -4.96. The minimum atomic E-state index is -0.674. The third-order valence-corrected chi connectivity index (χ3v) is 5.34. The van der Waals surface area contributed by atoms with Crippen LogP contribution in [0.3, 0.4) is 0 Å². The molecule has 0 bridgehead atoms. The van der Waals surface area contributed by atoms with E-state index < -0.39 is 6.04 Å². The van der Waals surface area contributed by atoms with Crippen LogP contribution in [0.5, 0.6) is 11.5 Å². The molecule has 0 spiro atoms. The fraction of sp³-hybridized carbons (Fsp3) is 0.167. The number of rotatable bonds is 5. The number of anilines is 3. The van der Waals surface area contributed by atoms with Gasteiger partial charge in [0.05, 0.1) is 12.8 Å². The van der Waals surface area contributed by atoms with Crippen molar-refractivity contribution in [1.29, 1.82) is 10.5 Å². The molecule has 1 aromatic heterocycles. The number of fused-ring (bicyclic) bond motifs is 1. The third-order valence-electron chi connectivity index (χ3n) is 5.34. The lowest BCUT2D eigenvalue weighted by Crippen LogP contribution is -2.32. The predicted molar refractivity (Wildman–Crippen MR) is 128 cm³/mol. The van der Waals surface area contributed by atoms with Gasteiger partial charge in [-0.2, -0.15) is 10.5 Å². The summed E-state index contributed by atoms with van der Waals surface area (Å²) < 4.78 is 11.6. The number of guanidine groups is 1. The number of pyridine rings is 1. The average Bonchev–Trinajstić information content (AvgIpc) is 2.82. The van der Waals surface area contributed by atoms with Crippen molar-refractivity contribution < 1.29 is 9.47 Å². The number of nitrogens with two attached hydrogens (primary N) is 2. The molecular weight excluding hydrogens is 432 g/mol. The second-order valence-electron chi connectivity index (χ2n) is 7.59. The number of hydrogen-bond acceptors (Lipinski definition) is 10. The van der Waals surface area contributed by atoms with Gasteiger partial charge >= 0.3 is 0 Å². The van der Waals surface area contributed by atoms with Gasteiger partial charge in [0, 0.05) is 5.56 Å². The summed E-state index contributed by atoms with van der Waals surface area (Å²) in [6.07, 6.45) is 1.83. The van der Waals surface area contributed by atoms with Gasteiger partial charge in [0.1, 0.15) is 35.9 Å². The molecule has 6 N–H and O–H groups in total. The van der Waals surface area contributed by atoms with Gasteiger partial charge < -0.3 is 26.3 Å². The Morgan fingerprint density at radius 3 is 2.68 bits per heavy atom. The van der Waals surface area contributed by atoms with Gasteiger partial charge in [0.2, 0.25) is 5.96 Å². The molecule has 10 nitrogen and oxygen atoms in total. The Labute approximate surface area is 196 Å². The number of hydrogen-bond donors (Lipinski definition) is 4. The van der Waals surface area contributed by atoms with E-state index >= 15 is 0 Å². The number of nitrogens with zero attached hydrogens (tertiary/aromatic N) is 4. The summed E-state index contributed by atoms with van der Waals surface area (Å²) in [5, 5.41) is 23.9. The maximum absolute atomic E-state index is 9.48. The number of nitriles is 2. The topological polar surface area (TPSA) is 167 Å². The highest BCUT2D eigenvalue weighted by atomic mass is 16.5. The zero-order chi connectivity index (χ0) is 24.2. The zero-order valence-corrected chi connectivity index (χ0v) is 18.6. The Morgan fingerprint density at radius 2 is 1.97 bits per heavy atom. The highest BCUT2D eigenvalue weighted by molar-refractivity contribution is 5.98. The molecule has 1 atom stereocenters. The average molecular weight is 454 g/mol. The number of aryl methyl sites for hydroxylation is 1. The van der Waals surface area contributed by atoms with Crippen LogP contribution >= 0.6 is 0 Å². The molecule has 1 unspecified atom stereocenters. The van der Waals surface area contributed by atoms with Crippen LogP contribution in [0.1, 0.15) is 33.9 Å². The number of nitrogens with one attached hydrogen (secondary N) is 2. The van der Waals surface area contributed by atoms with E-state index in [0.717, 1.165) is 11.1 Å². The maximum atomic E-state index is 9.48. The van der Waals surface area contributed by atoms with Crippen LogP contribution in [0, 0.1) is 29.7 Å². The fourth-order valence-electron chi connectivity index (χ4n) is 3.76. The molecule has 0 aliphatic carbocycles. The van der Waals surface area contributed by atoms with Gasteiger partial charge in [0.25, 0.3) is 0 Å². The van der Waals surface area contributed by atoms with E-state index in [1.165, 1.54) is 0 Å². The van der Waals surface area contributed by atoms with E-state index in [1.807, 2.05) is 43.5 Å². The summed E-state index contributed by atoms with van der Waals surface area (Å²) >= 11 is 0. The molecule has 1 aliphatic rings. The van der Waals surface area contributed by atoms with E-state index in [2.05, 4.69) is 26.7 Å². The highest BCUT2D eigenvalue weighted by Gasteiger charge is 2.30. The molecule has 3 aromatic rings. The first-order valence-corrected chi connectivity index (χ1v) is 10.3. The van der Waals surface area contributed by atoms with Crippen LogP contribution in [-0.2, 0) is 6.61 Å². The Balaban J connectivity index is 1.73. The van der Waals surface area contributed by atoms with E-state index in [0.29, 0.717) is 35.1 Å². The summed E-state index contributed by atoms with van der Waals surface area (Å²) in [5.74, 6) is 1.53. The van der Waals surface area contributed by atoms with Crippen molar-refractivity contribution in [2.75, 3.05) is 23.9 Å². The van der Waals surface area contributed by atoms with Crippen molar-refractivity contribution in [1.82, 2.24) is 10.3 Å². The maximum Gasteiger partial charge on any atom is 0.211 e. The van der Waals surface area contributed by atoms with Gasteiger partial charge in [-0.15, -0.1) is 0 Å². The second-order valence-corrected chi connectivity index (χ2v) is 7.59. The second kappa shape index (κ2) is 9.27. The standard InChI is InChI=1S/C24H22N8O2/c1-13-4-3-5-14(8-13)11-34-17-7-6-15(9-18(17)33-2)21-19-20(27)16(10-25)22(28)31-23(19)32-24(30-21)29-12-26/h3-9,21H,11H2,1-2H3,(H6,27,28,29,30,31,32). The predicted octanol–water partition coefficient (Wildman–Crippen LogP) is 2.96. The lowest BCUT2D eigenvalue weighted by Gasteiger charge is -2.26. The molecular formula is C24H22N8O2. The first-order chi connectivity index (χ1) is 16.4. The van der Waals surface area contributed by atoms with Gasteiger partial charge in [-0.1, -0.05) is 35.9 Å². The quantitative estimate of drug-likeness (QED) is 0.334. The van der Waals surface area contributed by atoms with E-state index in [-0.39, 0.29) is 23.0 Å². The first-order valence-electron chi connectivity index (χ1n) is 10.3. The van der Waals surface area contributed by atoms with Gasteiger partial charge in [-0.3, -0.25) is 5.32 Å². The SMILES string of the molecule is COc1cc(C2N=C(NC#N)Nc3nc(N)c(C#N)c(N)c32)ccc1OCc1cccc(C)c1. The number of ether oxygens (including phenoxy) is 2. The summed E-state index contributed by atoms with van der Waals surface area (Å²) in [5.41, 5.74) is 15.8. The molecule has 34 heavy (non-hydrogen) atoms. The van der Waals surface area contributed by atoms with Crippen LogP contribution < -0.4 is 31.6 Å². The number of methoxy groups -OCH3 is 1. The van der Waals surface area contributed by atoms with Crippen LogP contribution in [-0.4, -0.2) is 18.1 Å². The number of nitrogen functional groups attached to an aromatic ring is 2. The lowest BCUT2D eigenvalue weighted by atomic mass is 9.95. The monoisotopic (exact) mass is 454 g/mol. The van der Waals surface area contributed by atoms with Crippen molar-refractivity contribution in [2.45, 2.75) is 19.6 Å².